The molecule has 2 aromatic heterocycles. The van der Waals surface area contributed by atoms with Crippen molar-refractivity contribution in [1.82, 2.24) is 15.0 Å². The molecule has 3 N–H and O–H groups in total. The molecule has 124 valence electrons. The van der Waals surface area contributed by atoms with Crippen LogP contribution >= 0.6 is 11.6 Å². The fourth-order valence-corrected chi connectivity index (χ4v) is 3.81. The van der Waals surface area contributed by atoms with Crippen molar-refractivity contribution in [2.24, 2.45) is 0 Å². The van der Waals surface area contributed by atoms with Gasteiger partial charge in [0.15, 0.2) is 0 Å². The summed E-state index contributed by atoms with van der Waals surface area (Å²) in [6.45, 7) is 0. The van der Waals surface area contributed by atoms with Crippen molar-refractivity contribution in [3.05, 3.63) is 59.3 Å². The SMILES string of the molecule is Clc1cc(Nc2nc3ccc(C4=CCCC4)cc3[nH]2)cc2[nH]ccc12. The van der Waals surface area contributed by atoms with Gasteiger partial charge < -0.3 is 15.3 Å². The minimum absolute atomic E-state index is 0.716. The third-order valence-corrected chi connectivity index (χ3v) is 5.09. The van der Waals surface area contributed by atoms with Crippen molar-refractivity contribution in [2.75, 3.05) is 5.32 Å². The molecule has 5 heteroatoms. The van der Waals surface area contributed by atoms with Gasteiger partial charge in [-0.05, 0) is 60.7 Å². The van der Waals surface area contributed by atoms with Crippen molar-refractivity contribution < 1.29 is 0 Å². The van der Waals surface area contributed by atoms with Crippen LogP contribution in [0.4, 0.5) is 11.6 Å². The lowest BCUT2D eigenvalue weighted by atomic mass is 10.1. The minimum atomic E-state index is 0.716. The third kappa shape index (κ3) is 2.59. The van der Waals surface area contributed by atoms with E-state index in [1.54, 1.807) is 0 Å². The van der Waals surface area contributed by atoms with Gasteiger partial charge in [0.1, 0.15) is 0 Å². The fourth-order valence-electron chi connectivity index (χ4n) is 3.53. The summed E-state index contributed by atoms with van der Waals surface area (Å²) in [7, 11) is 0. The van der Waals surface area contributed by atoms with Gasteiger partial charge in [0.2, 0.25) is 5.95 Å². The number of aromatic amines is 2. The van der Waals surface area contributed by atoms with Gasteiger partial charge in [-0.1, -0.05) is 23.7 Å². The van der Waals surface area contributed by atoms with Gasteiger partial charge in [0.05, 0.1) is 16.1 Å². The summed E-state index contributed by atoms with van der Waals surface area (Å²) in [4.78, 5) is 11.2. The molecule has 0 atom stereocenters. The molecule has 25 heavy (non-hydrogen) atoms. The van der Waals surface area contributed by atoms with Crippen LogP contribution in [0.15, 0.2) is 48.7 Å². The highest BCUT2D eigenvalue weighted by Gasteiger charge is 2.10. The molecule has 0 unspecified atom stereocenters. The summed E-state index contributed by atoms with van der Waals surface area (Å²) < 4.78 is 0. The number of allylic oxidation sites excluding steroid dienone is 2. The summed E-state index contributed by atoms with van der Waals surface area (Å²) in [5.74, 6) is 0.717. The lowest BCUT2D eigenvalue weighted by molar-refractivity contribution is 0.935. The molecule has 1 aliphatic rings. The first-order valence-electron chi connectivity index (χ1n) is 8.49. The van der Waals surface area contributed by atoms with Crippen molar-refractivity contribution >= 4 is 50.7 Å². The molecule has 0 radical (unpaired) electrons. The number of fused-ring (bicyclic) bond motifs is 2. The van der Waals surface area contributed by atoms with Crippen LogP contribution < -0.4 is 5.32 Å². The van der Waals surface area contributed by atoms with Gasteiger partial charge in [-0.3, -0.25) is 0 Å². The highest BCUT2D eigenvalue weighted by molar-refractivity contribution is 6.35. The molecule has 0 fully saturated rings. The molecule has 0 bridgehead atoms. The first-order chi connectivity index (χ1) is 12.3. The summed E-state index contributed by atoms with van der Waals surface area (Å²) in [6.07, 6.45) is 7.83. The number of halogens is 1. The number of hydrogen-bond acceptors (Lipinski definition) is 2. The van der Waals surface area contributed by atoms with E-state index in [9.17, 15) is 0 Å². The Morgan fingerprint density at radius 3 is 2.92 bits per heavy atom. The molecular weight excluding hydrogens is 332 g/mol. The summed E-state index contributed by atoms with van der Waals surface area (Å²) in [5, 5.41) is 5.05. The van der Waals surface area contributed by atoms with Crippen LogP contribution in [0.5, 0.6) is 0 Å². The average molecular weight is 349 g/mol. The highest BCUT2D eigenvalue weighted by atomic mass is 35.5. The van der Waals surface area contributed by atoms with Crippen molar-refractivity contribution in [2.45, 2.75) is 19.3 Å². The quantitative estimate of drug-likeness (QED) is 0.424. The lowest BCUT2D eigenvalue weighted by Gasteiger charge is -2.04. The largest absolute Gasteiger partial charge is 0.361 e. The van der Waals surface area contributed by atoms with E-state index < -0.39 is 0 Å². The molecule has 2 heterocycles. The van der Waals surface area contributed by atoms with Crippen LogP contribution in [0, 0.1) is 0 Å². The van der Waals surface area contributed by atoms with Crippen LogP contribution in [0.1, 0.15) is 24.8 Å². The Balaban J connectivity index is 1.49. The average Bonchev–Trinajstić information content (AvgIpc) is 3.34. The Morgan fingerprint density at radius 2 is 2.04 bits per heavy atom. The molecule has 0 spiro atoms. The Labute approximate surface area is 149 Å². The molecular formula is C20H17ClN4. The van der Waals surface area contributed by atoms with Gasteiger partial charge >= 0.3 is 0 Å². The van der Waals surface area contributed by atoms with Crippen LogP contribution in [-0.4, -0.2) is 15.0 Å². The van der Waals surface area contributed by atoms with Gasteiger partial charge in [-0.15, -0.1) is 0 Å². The number of anilines is 2. The van der Waals surface area contributed by atoms with Crippen LogP contribution in [0.25, 0.3) is 27.5 Å². The van der Waals surface area contributed by atoms with Crippen molar-refractivity contribution in [3.63, 3.8) is 0 Å². The Morgan fingerprint density at radius 1 is 1.08 bits per heavy atom. The Hall–Kier alpha value is -2.72. The fraction of sp³-hybridized carbons (Fsp3) is 0.150. The molecule has 0 aliphatic heterocycles. The number of aromatic nitrogens is 3. The number of rotatable bonds is 3. The molecule has 0 saturated heterocycles. The maximum atomic E-state index is 6.35. The van der Waals surface area contributed by atoms with Crippen molar-refractivity contribution in [3.8, 4) is 0 Å². The number of hydrogen-bond donors (Lipinski definition) is 3. The first kappa shape index (κ1) is 14.6. The molecule has 2 aromatic carbocycles. The highest BCUT2D eigenvalue weighted by Crippen LogP contribution is 2.31. The lowest BCUT2D eigenvalue weighted by Crippen LogP contribution is -1.92. The molecule has 0 saturated carbocycles. The van der Waals surface area contributed by atoms with Crippen LogP contribution in [0.2, 0.25) is 5.02 Å². The van der Waals surface area contributed by atoms with E-state index in [0.717, 1.165) is 33.6 Å². The predicted octanol–water partition coefficient (Wildman–Crippen LogP) is 6.01. The first-order valence-corrected chi connectivity index (χ1v) is 8.87. The minimum Gasteiger partial charge on any atom is -0.361 e. The molecule has 4 aromatic rings. The molecule has 1 aliphatic carbocycles. The van der Waals surface area contributed by atoms with E-state index >= 15 is 0 Å². The van der Waals surface area contributed by atoms with Gasteiger partial charge in [0.25, 0.3) is 0 Å². The van der Waals surface area contributed by atoms with E-state index in [1.807, 2.05) is 24.4 Å². The summed E-state index contributed by atoms with van der Waals surface area (Å²) >= 11 is 6.35. The van der Waals surface area contributed by atoms with Crippen LogP contribution in [0.3, 0.4) is 0 Å². The number of H-pyrrole nitrogens is 2. The zero-order valence-electron chi connectivity index (χ0n) is 13.6. The standard InChI is InChI=1S/C20H17ClN4/c21-16-10-14(11-18-15(16)7-8-22-18)23-20-24-17-6-5-13(9-19(17)25-20)12-3-1-2-4-12/h3,5-11,22H,1-2,4H2,(H2,23,24,25). The smallest absolute Gasteiger partial charge is 0.205 e. The normalized spacial score (nSPS) is 14.4. The van der Waals surface area contributed by atoms with Gasteiger partial charge in [0, 0.05) is 22.8 Å². The summed E-state index contributed by atoms with van der Waals surface area (Å²) in [6, 6.07) is 12.3. The molecule has 4 nitrogen and oxygen atoms in total. The zero-order chi connectivity index (χ0) is 16.8. The number of imidazole rings is 1. The summed E-state index contributed by atoms with van der Waals surface area (Å²) in [5.41, 5.74) is 6.63. The predicted molar refractivity (Wildman–Crippen MR) is 105 cm³/mol. The number of benzene rings is 2. The molecule has 0 amide bonds. The van der Waals surface area contributed by atoms with E-state index in [4.69, 9.17) is 11.6 Å². The monoisotopic (exact) mass is 348 g/mol. The Bertz CT molecular complexity index is 1120. The topological polar surface area (TPSA) is 56.5 Å². The van der Waals surface area contributed by atoms with E-state index in [2.05, 4.69) is 44.5 Å². The second kappa shape index (κ2) is 5.67. The maximum Gasteiger partial charge on any atom is 0.205 e. The third-order valence-electron chi connectivity index (χ3n) is 4.77. The van der Waals surface area contributed by atoms with Gasteiger partial charge in [-0.2, -0.15) is 0 Å². The van der Waals surface area contributed by atoms with E-state index in [-0.39, 0.29) is 0 Å². The van der Waals surface area contributed by atoms with Crippen molar-refractivity contribution in [1.29, 1.82) is 0 Å². The Kier molecular flexibility index (Phi) is 3.31. The van der Waals surface area contributed by atoms with E-state index in [0.29, 0.717) is 5.02 Å². The van der Waals surface area contributed by atoms with Crippen LogP contribution in [-0.2, 0) is 0 Å². The number of nitrogens with one attached hydrogen (secondary N) is 3. The zero-order valence-corrected chi connectivity index (χ0v) is 14.3. The second-order valence-electron chi connectivity index (χ2n) is 6.46. The van der Waals surface area contributed by atoms with Gasteiger partial charge in [-0.25, -0.2) is 4.98 Å². The maximum absolute atomic E-state index is 6.35. The number of nitrogens with zero attached hydrogens (tertiary/aromatic N) is 1. The van der Waals surface area contributed by atoms with E-state index in [1.165, 1.54) is 30.4 Å². The molecule has 5 rings (SSSR count). The second-order valence-corrected chi connectivity index (χ2v) is 6.87.